The smallest absolute Gasteiger partial charge is 0.416 e. The van der Waals surface area contributed by atoms with Gasteiger partial charge in [0.25, 0.3) is 0 Å². The normalized spacial score (nSPS) is 12.8. The van der Waals surface area contributed by atoms with E-state index < -0.39 is 81.7 Å². The van der Waals surface area contributed by atoms with E-state index in [1.165, 1.54) is 36.4 Å². The van der Waals surface area contributed by atoms with E-state index in [0.717, 1.165) is 12.1 Å². The lowest BCUT2D eigenvalue weighted by atomic mass is 9.98. The molecule has 0 atom stereocenters. The first-order valence-corrected chi connectivity index (χ1v) is 14.5. The average molecular weight is 751 g/mol. The summed E-state index contributed by atoms with van der Waals surface area (Å²) in [5.74, 6) is -4.73. The molecule has 0 aliphatic heterocycles. The van der Waals surface area contributed by atoms with E-state index in [9.17, 15) is 67.4 Å². The molecule has 17 heteroatoms. The molecule has 0 heterocycles. The zero-order valence-electron chi connectivity index (χ0n) is 26.3. The summed E-state index contributed by atoms with van der Waals surface area (Å²) in [4.78, 5) is 25.3. The number of aromatic hydroxyl groups is 1. The lowest BCUT2D eigenvalue weighted by Crippen LogP contribution is -2.16. The summed E-state index contributed by atoms with van der Waals surface area (Å²) in [7, 11) is 0. The second kappa shape index (κ2) is 14.3. The summed E-state index contributed by atoms with van der Waals surface area (Å²) >= 11 is 0. The van der Waals surface area contributed by atoms with Crippen LogP contribution in [0.4, 0.5) is 52.7 Å². The topological polar surface area (TPSA) is 72.8 Å². The molecule has 0 unspecified atom stereocenters. The van der Waals surface area contributed by atoms with Crippen LogP contribution in [0.15, 0.2) is 72.8 Å². The largest absolute Gasteiger partial charge is 0.507 e. The molecular weight excluding hydrogens is 728 g/mol. The molecule has 0 bridgehead atoms. The summed E-state index contributed by atoms with van der Waals surface area (Å²) in [5, 5.41) is 10.7. The predicted octanol–water partition coefficient (Wildman–Crippen LogP) is 11.2. The molecule has 4 rings (SSSR count). The van der Waals surface area contributed by atoms with Gasteiger partial charge in [-0.1, -0.05) is 38.1 Å². The van der Waals surface area contributed by atoms with E-state index in [0.29, 0.717) is 5.56 Å². The fraction of sp³-hybridized carbons (Fsp3) is 0.200. The lowest BCUT2D eigenvalue weighted by Gasteiger charge is -2.17. The summed E-state index contributed by atoms with van der Waals surface area (Å²) in [6, 6.07) is 7.85. The van der Waals surface area contributed by atoms with Crippen molar-refractivity contribution in [3.63, 3.8) is 0 Å². The maximum absolute atomic E-state index is 13.3. The third-order valence-electron chi connectivity index (χ3n) is 7.13. The van der Waals surface area contributed by atoms with Crippen molar-refractivity contribution in [1.29, 1.82) is 0 Å². The number of alkyl halides is 12. The molecule has 0 amide bonds. The van der Waals surface area contributed by atoms with Crippen molar-refractivity contribution in [3.8, 4) is 17.2 Å². The van der Waals surface area contributed by atoms with Crippen LogP contribution in [0.1, 0.15) is 79.4 Å². The Morgan fingerprint density at radius 3 is 1.33 bits per heavy atom. The Labute approximate surface area is 285 Å². The maximum Gasteiger partial charge on any atom is 0.416 e. The quantitative estimate of drug-likeness (QED) is 0.0881. The fourth-order valence-electron chi connectivity index (χ4n) is 4.70. The van der Waals surface area contributed by atoms with Crippen LogP contribution >= 0.6 is 0 Å². The standard InChI is InChI=1S/C35H22F12O5/c1-17(2)29-27(48)9-19(10-28(29)52-31(50)21-13-24(34(42,43)44)16-25(14-21)35(45,46)47)4-3-18-5-7-26(8-6-18)51-30(49)20-11-22(32(36,37)38)15-23(12-20)33(39,40)41/h3-17,48H,1-2H3/b4-3+. The van der Waals surface area contributed by atoms with Crippen molar-refractivity contribution in [2.45, 2.75) is 44.5 Å². The van der Waals surface area contributed by atoms with Gasteiger partial charge < -0.3 is 14.6 Å². The van der Waals surface area contributed by atoms with Gasteiger partial charge in [0.15, 0.2) is 0 Å². The van der Waals surface area contributed by atoms with E-state index in [1.54, 1.807) is 13.8 Å². The van der Waals surface area contributed by atoms with Crippen molar-refractivity contribution >= 4 is 24.1 Å². The van der Waals surface area contributed by atoms with Crippen LogP contribution in [-0.2, 0) is 24.7 Å². The highest BCUT2D eigenvalue weighted by Crippen LogP contribution is 2.40. The van der Waals surface area contributed by atoms with E-state index in [1.807, 2.05) is 0 Å². The number of phenolic OH excluding ortho intramolecular Hbond substituents is 1. The second-order valence-electron chi connectivity index (χ2n) is 11.4. The summed E-state index contributed by atoms with van der Waals surface area (Å²) in [5.41, 5.74) is -8.51. The Morgan fingerprint density at radius 2 is 0.942 bits per heavy atom. The fourth-order valence-corrected chi connectivity index (χ4v) is 4.70. The first-order chi connectivity index (χ1) is 23.8. The van der Waals surface area contributed by atoms with Crippen LogP contribution in [0.3, 0.4) is 0 Å². The van der Waals surface area contributed by atoms with Gasteiger partial charge in [-0.2, -0.15) is 52.7 Å². The summed E-state index contributed by atoms with van der Waals surface area (Å²) in [6.07, 6.45) is -18.1. The Morgan fingerprint density at radius 1 is 0.558 bits per heavy atom. The molecule has 0 aliphatic rings. The number of hydrogen-bond donors (Lipinski definition) is 1. The monoisotopic (exact) mass is 750 g/mol. The Kier molecular flexibility index (Phi) is 10.8. The van der Waals surface area contributed by atoms with Crippen molar-refractivity contribution in [3.05, 3.63) is 123 Å². The van der Waals surface area contributed by atoms with E-state index in [4.69, 9.17) is 9.47 Å². The summed E-state index contributed by atoms with van der Waals surface area (Å²) < 4.78 is 169. The molecule has 4 aromatic rings. The number of ether oxygens (including phenoxy) is 2. The van der Waals surface area contributed by atoms with Crippen molar-refractivity contribution in [1.82, 2.24) is 0 Å². The van der Waals surface area contributed by atoms with Gasteiger partial charge in [0, 0.05) is 5.56 Å². The highest BCUT2D eigenvalue weighted by atomic mass is 19.4. The highest BCUT2D eigenvalue weighted by Gasteiger charge is 2.39. The van der Waals surface area contributed by atoms with Gasteiger partial charge in [0.1, 0.15) is 17.2 Å². The van der Waals surface area contributed by atoms with Crippen LogP contribution in [0, 0.1) is 0 Å². The molecule has 0 saturated carbocycles. The van der Waals surface area contributed by atoms with Crippen molar-refractivity contribution in [2.75, 3.05) is 0 Å². The van der Waals surface area contributed by atoms with Crippen LogP contribution in [0.25, 0.3) is 12.2 Å². The van der Waals surface area contributed by atoms with Crippen LogP contribution in [0.5, 0.6) is 17.2 Å². The van der Waals surface area contributed by atoms with Crippen LogP contribution < -0.4 is 9.47 Å². The van der Waals surface area contributed by atoms with Crippen molar-refractivity contribution < 1.29 is 76.9 Å². The molecule has 4 aromatic carbocycles. The molecule has 0 aromatic heterocycles. The maximum atomic E-state index is 13.3. The number of rotatable bonds is 7. The number of hydrogen-bond acceptors (Lipinski definition) is 5. The number of esters is 2. The van der Waals surface area contributed by atoms with Gasteiger partial charge in [-0.25, -0.2) is 9.59 Å². The zero-order chi connectivity index (χ0) is 39.0. The van der Waals surface area contributed by atoms with E-state index in [2.05, 4.69) is 0 Å². The summed E-state index contributed by atoms with van der Waals surface area (Å²) in [6.45, 7) is 3.12. The molecule has 0 aliphatic carbocycles. The second-order valence-corrected chi connectivity index (χ2v) is 11.4. The molecule has 0 fully saturated rings. The SMILES string of the molecule is CC(C)c1c(O)cc(/C=C/c2ccc(OC(=O)c3cc(C(F)(F)F)cc(C(F)(F)F)c3)cc2)cc1OC(=O)c1cc(C(F)(F)F)cc(C(F)(F)F)c1. The third kappa shape index (κ3) is 9.64. The molecule has 0 spiro atoms. The van der Waals surface area contributed by atoms with Gasteiger partial charge >= 0.3 is 36.6 Å². The van der Waals surface area contributed by atoms with Crippen LogP contribution in [-0.4, -0.2) is 17.0 Å². The Hall–Kier alpha value is -5.48. The number of phenols is 1. The van der Waals surface area contributed by atoms with Gasteiger partial charge in [-0.05, 0) is 77.7 Å². The molecular formula is C35H22F12O5. The first kappa shape index (κ1) is 39.3. The Bertz CT molecular complexity index is 1940. The van der Waals surface area contributed by atoms with Crippen LogP contribution in [0.2, 0.25) is 0 Å². The predicted molar refractivity (Wildman–Crippen MR) is 160 cm³/mol. The molecule has 52 heavy (non-hydrogen) atoms. The molecule has 1 N–H and O–H groups in total. The third-order valence-corrected chi connectivity index (χ3v) is 7.13. The number of benzene rings is 4. The van der Waals surface area contributed by atoms with Gasteiger partial charge in [0.05, 0.1) is 33.4 Å². The molecule has 5 nitrogen and oxygen atoms in total. The molecule has 0 radical (unpaired) electrons. The van der Waals surface area contributed by atoms with E-state index in [-0.39, 0.29) is 59.0 Å². The minimum atomic E-state index is -5.23. The Balaban J connectivity index is 1.58. The van der Waals surface area contributed by atoms with Gasteiger partial charge in [0.2, 0.25) is 0 Å². The molecule has 276 valence electrons. The first-order valence-electron chi connectivity index (χ1n) is 14.5. The average Bonchev–Trinajstić information content (AvgIpc) is 3.02. The minimum Gasteiger partial charge on any atom is -0.507 e. The van der Waals surface area contributed by atoms with Gasteiger partial charge in [-0.15, -0.1) is 0 Å². The lowest BCUT2D eigenvalue weighted by molar-refractivity contribution is -0.144. The van der Waals surface area contributed by atoms with Gasteiger partial charge in [-0.3, -0.25) is 0 Å². The van der Waals surface area contributed by atoms with E-state index >= 15 is 0 Å². The number of carbonyl (C=O) groups is 2. The molecule has 0 saturated heterocycles. The number of halogens is 12. The number of carbonyl (C=O) groups excluding carboxylic acids is 2. The van der Waals surface area contributed by atoms with Crippen molar-refractivity contribution in [2.24, 2.45) is 0 Å². The zero-order valence-corrected chi connectivity index (χ0v) is 26.3. The highest BCUT2D eigenvalue weighted by molar-refractivity contribution is 5.92. The minimum absolute atomic E-state index is 0.00261.